The van der Waals surface area contributed by atoms with Crippen molar-refractivity contribution < 1.29 is 9.90 Å². The third-order valence-electron chi connectivity index (χ3n) is 4.69. The molecule has 128 valence electrons. The number of benzene rings is 1. The Bertz CT molecular complexity index is 686. The molecule has 6 nitrogen and oxygen atoms in total. The quantitative estimate of drug-likeness (QED) is 0.908. The number of carbonyl (C=O) groups is 1. The number of urea groups is 1. The minimum Gasteiger partial charge on any atom is -0.391 e. The molecule has 3 unspecified atom stereocenters. The number of β-amino-alcohol motifs (C(OH)–C–C–N with tert-alkyl or cyclic N) is 1. The second kappa shape index (κ2) is 7.05. The molecule has 1 fully saturated rings. The number of aliphatic hydroxyl groups is 1. The maximum absolute atomic E-state index is 12.4. The summed E-state index contributed by atoms with van der Waals surface area (Å²) >= 11 is 0. The van der Waals surface area contributed by atoms with Gasteiger partial charge in [0.25, 0.3) is 0 Å². The van der Waals surface area contributed by atoms with Crippen molar-refractivity contribution in [3.05, 3.63) is 48.3 Å². The van der Waals surface area contributed by atoms with E-state index in [1.54, 1.807) is 15.8 Å². The minimum absolute atomic E-state index is 0.121. The predicted molar refractivity (Wildman–Crippen MR) is 91.9 cm³/mol. The predicted octanol–water partition coefficient (Wildman–Crippen LogP) is 2.35. The molecule has 1 aliphatic rings. The second-order valence-corrected chi connectivity index (χ2v) is 6.50. The van der Waals surface area contributed by atoms with Crippen molar-refractivity contribution in [3.8, 4) is 5.69 Å². The fraction of sp³-hybridized carbons (Fsp3) is 0.444. The van der Waals surface area contributed by atoms with E-state index in [4.69, 9.17) is 0 Å². The number of rotatable bonds is 3. The number of amides is 2. The average molecular weight is 328 g/mol. The van der Waals surface area contributed by atoms with Crippen LogP contribution < -0.4 is 5.32 Å². The summed E-state index contributed by atoms with van der Waals surface area (Å²) in [6.07, 6.45) is 4.01. The van der Waals surface area contributed by atoms with E-state index in [0.717, 1.165) is 17.7 Å². The highest BCUT2D eigenvalue weighted by atomic mass is 16.3. The number of likely N-dealkylation sites (tertiary alicyclic amines) is 1. The molecule has 1 saturated heterocycles. The van der Waals surface area contributed by atoms with Gasteiger partial charge in [-0.15, -0.1) is 0 Å². The van der Waals surface area contributed by atoms with Gasteiger partial charge in [-0.2, -0.15) is 5.10 Å². The molecule has 0 saturated carbocycles. The number of aromatic nitrogens is 2. The number of aliphatic hydroxyl groups excluding tert-OH is 1. The van der Waals surface area contributed by atoms with E-state index in [1.165, 1.54) is 0 Å². The van der Waals surface area contributed by atoms with E-state index in [0.29, 0.717) is 13.1 Å². The zero-order valence-electron chi connectivity index (χ0n) is 14.1. The number of nitrogens with one attached hydrogen (secondary N) is 1. The Morgan fingerprint density at radius 2 is 2.25 bits per heavy atom. The first kappa shape index (κ1) is 16.5. The Kier molecular flexibility index (Phi) is 4.85. The van der Waals surface area contributed by atoms with Crippen LogP contribution in [0.25, 0.3) is 5.69 Å². The molecule has 24 heavy (non-hydrogen) atoms. The van der Waals surface area contributed by atoms with Crippen LogP contribution >= 0.6 is 0 Å². The molecule has 1 aromatic carbocycles. The smallest absolute Gasteiger partial charge is 0.317 e. The lowest BCUT2D eigenvalue weighted by atomic mass is 9.96. The normalized spacial score (nSPS) is 22.2. The maximum atomic E-state index is 12.4. The van der Waals surface area contributed by atoms with Crippen molar-refractivity contribution in [2.45, 2.75) is 32.4 Å². The summed E-state index contributed by atoms with van der Waals surface area (Å²) in [5.74, 6) is 0.247. The Balaban J connectivity index is 1.65. The third kappa shape index (κ3) is 3.59. The Hall–Kier alpha value is -2.34. The summed E-state index contributed by atoms with van der Waals surface area (Å²) < 4.78 is 1.79. The summed E-state index contributed by atoms with van der Waals surface area (Å²) in [5.41, 5.74) is 1.98. The van der Waals surface area contributed by atoms with Gasteiger partial charge >= 0.3 is 6.03 Å². The van der Waals surface area contributed by atoms with Crippen LogP contribution in [0.5, 0.6) is 0 Å². The highest BCUT2D eigenvalue weighted by molar-refractivity contribution is 5.75. The van der Waals surface area contributed by atoms with Crippen LogP contribution in [0.3, 0.4) is 0 Å². The fourth-order valence-electron chi connectivity index (χ4n) is 2.95. The van der Waals surface area contributed by atoms with Crippen molar-refractivity contribution in [2.75, 3.05) is 13.1 Å². The molecule has 1 aliphatic heterocycles. The second-order valence-electron chi connectivity index (χ2n) is 6.50. The van der Waals surface area contributed by atoms with Crippen LogP contribution in [0.1, 0.15) is 31.9 Å². The minimum atomic E-state index is -0.442. The van der Waals surface area contributed by atoms with Crippen LogP contribution in [-0.4, -0.2) is 45.0 Å². The van der Waals surface area contributed by atoms with Gasteiger partial charge in [0.15, 0.2) is 0 Å². The molecule has 0 spiro atoms. The topological polar surface area (TPSA) is 70.4 Å². The summed E-state index contributed by atoms with van der Waals surface area (Å²) in [7, 11) is 0. The third-order valence-corrected chi connectivity index (χ3v) is 4.69. The Labute approximate surface area is 142 Å². The lowest BCUT2D eigenvalue weighted by Gasteiger charge is -2.35. The molecular weight excluding hydrogens is 304 g/mol. The lowest BCUT2D eigenvalue weighted by molar-refractivity contribution is 0.0431. The molecule has 3 rings (SSSR count). The number of carbonyl (C=O) groups excluding carboxylic acids is 1. The summed E-state index contributed by atoms with van der Waals surface area (Å²) in [5, 5.41) is 17.2. The van der Waals surface area contributed by atoms with Crippen LogP contribution in [0.15, 0.2) is 42.7 Å². The standard InChI is InChI=1S/C18H24N4O2/c1-13-7-10-21(12-17(13)23)18(24)20-14(2)15-5-3-6-16(11-15)22-9-4-8-19-22/h3-6,8-9,11,13-14,17,23H,7,10,12H2,1-2H3,(H,20,24). The molecule has 0 radical (unpaired) electrons. The average Bonchev–Trinajstić information content (AvgIpc) is 3.12. The highest BCUT2D eigenvalue weighted by Crippen LogP contribution is 2.19. The van der Waals surface area contributed by atoms with E-state index in [9.17, 15) is 9.90 Å². The van der Waals surface area contributed by atoms with Gasteiger partial charge < -0.3 is 15.3 Å². The summed E-state index contributed by atoms with van der Waals surface area (Å²) in [4.78, 5) is 14.1. The molecule has 2 heterocycles. The number of nitrogens with zero attached hydrogens (tertiary/aromatic N) is 3. The molecule has 6 heteroatoms. The molecule has 2 aromatic rings. The van der Waals surface area contributed by atoms with Gasteiger partial charge in [-0.25, -0.2) is 9.48 Å². The molecule has 1 aromatic heterocycles. The number of hydrogen-bond acceptors (Lipinski definition) is 3. The molecule has 2 amide bonds. The fourth-order valence-corrected chi connectivity index (χ4v) is 2.95. The van der Waals surface area contributed by atoms with Crippen LogP contribution in [0.2, 0.25) is 0 Å². The van der Waals surface area contributed by atoms with Gasteiger partial charge in [0, 0.05) is 25.5 Å². The number of hydrogen-bond donors (Lipinski definition) is 2. The van der Waals surface area contributed by atoms with Gasteiger partial charge in [0.1, 0.15) is 0 Å². The van der Waals surface area contributed by atoms with Crippen LogP contribution in [0, 0.1) is 5.92 Å². The first-order valence-corrected chi connectivity index (χ1v) is 8.38. The van der Waals surface area contributed by atoms with E-state index in [2.05, 4.69) is 10.4 Å². The van der Waals surface area contributed by atoms with Gasteiger partial charge in [0.2, 0.25) is 0 Å². The van der Waals surface area contributed by atoms with Crippen molar-refractivity contribution in [2.24, 2.45) is 5.92 Å². The first-order valence-electron chi connectivity index (χ1n) is 8.38. The van der Waals surface area contributed by atoms with Gasteiger partial charge in [-0.1, -0.05) is 19.1 Å². The van der Waals surface area contributed by atoms with Crippen LogP contribution in [0.4, 0.5) is 4.79 Å². The van der Waals surface area contributed by atoms with Crippen molar-refractivity contribution in [3.63, 3.8) is 0 Å². The molecule has 0 bridgehead atoms. The van der Waals surface area contributed by atoms with E-state index < -0.39 is 6.10 Å². The molecule has 2 N–H and O–H groups in total. The van der Waals surface area contributed by atoms with Gasteiger partial charge in [-0.05, 0) is 43.0 Å². The summed E-state index contributed by atoms with van der Waals surface area (Å²) in [6.45, 7) is 5.06. The highest BCUT2D eigenvalue weighted by Gasteiger charge is 2.27. The molecule has 0 aliphatic carbocycles. The number of piperidine rings is 1. The van der Waals surface area contributed by atoms with E-state index in [-0.39, 0.29) is 18.0 Å². The largest absolute Gasteiger partial charge is 0.391 e. The van der Waals surface area contributed by atoms with Crippen LogP contribution in [-0.2, 0) is 0 Å². The van der Waals surface area contributed by atoms with Gasteiger partial charge in [-0.3, -0.25) is 0 Å². The molecular formula is C18H24N4O2. The molecule has 3 atom stereocenters. The van der Waals surface area contributed by atoms with Gasteiger partial charge in [0.05, 0.1) is 17.8 Å². The van der Waals surface area contributed by atoms with E-state index >= 15 is 0 Å². The monoisotopic (exact) mass is 328 g/mol. The zero-order chi connectivity index (χ0) is 17.1. The van der Waals surface area contributed by atoms with Crippen molar-refractivity contribution in [1.29, 1.82) is 0 Å². The Morgan fingerprint density at radius 1 is 1.42 bits per heavy atom. The lowest BCUT2D eigenvalue weighted by Crippen LogP contribution is -2.50. The maximum Gasteiger partial charge on any atom is 0.317 e. The van der Waals surface area contributed by atoms with Crippen molar-refractivity contribution >= 4 is 6.03 Å². The SMILES string of the molecule is CC(NC(=O)N1CCC(C)C(O)C1)c1cccc(-n2cccn2)c1. The Morgan fingerprint density at radius 3 is 2.96 bits per heavy atom. The summed E-state index contributed by atoms with van der Waals surface area (Å²) in [6, 6.07) is 9.58. The zero-order valence-corrected chi connectivity index (χ0v) is 14.1. The van der Waals surface area contributed by atoms with Crippen molar-refractivity contribution in [1.82, 2.24) is 20.0 Å². The first-order chi connectivity index (χ1) is 11.5. The van der Waals surface area contributed by atoms with E-state index in [1.807, 2.05) is 50.4 Å².